The first-order valence-electron chi connectivity index (χ1n) is 9.24. The lowest BCUT2D eigenvalue weighted by Crippen LogP contribution is -2.18. The lowest BCUT2D eigenvalue weighted by molar-refractivity contribution is -0.113. The van der Waals surface area contributed by atoms with Crippen LogP contribution in [0.25, 0.3) is 5.69 Å². The molecule has 0 aliphatic rings. The molecule has 4 rings (SSSR count). The number of rotatable bonds is 8. The quantitative estimate of drug-likeness (QED) is 0.422. The number of nitrogens with one attached hydrogen (secondary N) is 1. The highest BCUT2D eigenvalue weighted by molar-refractivity contribution is 7.99. The van der Waals surface area contributed by atoms with Crippen molar-refractivity contribution in [1.82, 2.24) is 30.0 Å². The predicted molar refractivity (Wildman–Crippen MR) is 113 cm³/mol. The first-order valence-corrected chi connectivity index (χ1v) is 10.2. The van der Waals surface area contributed by atoms with E-state index >= 15 is 0 Å². The number of carbonyl (C=O) groups excluding carboxylic acids is 1. The first-order chi connectivity index (χ1) is 15.1. The number of hydrogen-bond acceptors (Lipinski definition) is 7. The zero-order valence-corrected chi connectivity index (χ0v) is 17.3. The van der Waals surface area contributed by atoms with E-state index in [2.05, 4.69) is 25.9 Å². The van der Waals surface area contributed by atoms with E-state index in [-0.39, 0.29) is 17.3 Å². The van der Waals surface area contributed by atoms with Gasteiger partial charge in [-0.3, -0.25) is 4.79 Å². The third-order valence-corrected chi connectivity index (χ3v) is 5.25. The number of anilines is 1. The summed E-state index contributed by atoms with van der Waals surface area (Å²) in [6.45, 7) is 0.491. The summed E-state index contributed by atoms with van der Waals surface area (Å²) in [5, 5.41) is 18.7. The van der Waals surface area contributed by atoms with Crippen molar-refractivity contribution in [3.05, 3.63) is 72.2 Å². The highest BCUT2D eigenvalue weighted by Crippen LogP contribution is 2.20. The molecule has 0 aliphatic heterocycles. The number of halogens is 1. The number of carbonyl (C=O) groups is 1. The molecule has 1 N–H and O–H groups in total. The van der Waals surface area contributed by atoms with Crippen molar-refractivity contribution >= 4 is 23.5 Å². The maximum atomic E-state index is 14.0. The van der Waals surface area contributed by atoms with Gasteiger partial charge >= 0.3 is 0 Å². The van der Waals surface area contributed by atoms with Crippen molar-refractivity contribution < 1.29 is 13.9 Å². The van der Waals surface area contributed by atoms with Crippen molar-refractivity contribution in [2.75, 3.05) is 18.2 Å². The van der Waals surface area contributed by atoms with Crippen LogP contribution in [0.1, 0.15) is 5.56 Å². The number of aromatic nitrogens is 6. The molecule has 0 unspecified atom stereocenters. The van der Waals surface area contributed by atoms with E-state index in [9.17, 15) is 9.18 Å². The highest BCUT2D eigenvalue weighted by Gasteiger charge is 2.15. The Bertz CT molecular complexity index is 1180. The van der Waals surface area contributed by atoms with Gasteiger partial charge in [-0.15, -0.1) is 5.10 Å². The Morgan fingerprint density at radius 1 is 1.16 bits per heavy atom. The lowest BCUT2D eigenvalue weighted by Gasteiger charge is -2.10. The predicted octanol–water partition coefficient (Wildman–Crippen LogP) is 2.79. The Balaban J connectivity index is 1.38. The lowest BCUT2D eigenvalue weighted by atomic mass is 10.2. The molecule has 0 saturated carbocycles. The molecular formula is C20H18FN7O2S. The molecule has 0 saturated heterocycles. The number of hydrogen-bond donors (Lipinski definition) is 1. The summed E-state index contributed by atoms with van der Waals surface area (Å²) in [6.07, 6.45) is 1.62. The van der Waals surface area contributed by atoms with Gasteiger partial charge in [-0.1, -0.05) is 36.0 Å². The average Bonchev–Trinajstić information content (AvgIpc) is 3.43. The molecule has 11 heteroatoms. The Labute approximate surface area is 181 Å². The van der Waals surface area contributed by atoms with Gasteiger partial charge in [-0.25, -0.2) is 9.07 Å². The molecule has 2 aromatic carbocycles. The van der Waals surface area contributed by atoms with Crippen LogP contribution < -0.4 is 10.1 Å². The van der Waals surface area contributed by atoms with Crippen LogP contribution in [0.15, 0.2) is 66.0 Å². The second kappa shape index (κ2) is 9.39. The molecule has 158 valence electrons. The number of nitrogens with zero attached hydrogens (tertiary/aromatic N) is 6. The Morgan fingerprint density at radius 2 is 1.97 bits per heavy atom. The number of ether oxygens (including phenoxy) is 1. The molecule has 0 aliphatic carbocycles. The monoisotopic (exact) mass is 439 g/mol. The second-order valence-electron chi connectivity index (χ2n) is 6.38. The molecule has 9 nitrogen and oxygen atoms in total. The van der Waals surface area contributed by atoms with Gasteiger partial charge in [0.1, 0.15) is 23.1 Å². The summed E-state index contributed by atoms with van der Waals surface area (Å²) in [7, 11) is 1.61. The molecule has 4 aromatic rings. The van der Waals surface area contributed by atoms with Crippen LogP contribution in [0.4, 0.5) is 10.2 Å². The van der Waals surface area contributed by atoms with Crippen LogP contribution >= 0.6 is 11.8 Å². The minimum atomic E-state index is -0.455. The zero-order valence-electron chi connectivity index (χ0n) is 16.5. The largest absolute Gasteiger partial charge is 0.497 e. The Hall–Kier alpha value is -3.73. The Kier molecular flexibility index (Phi) is 6.22. The molecule has 0 atom stereocenters. The van der Waals surface area contributed by atoms with Gasteiger partial charge in [0.15, 0.2) is 0 Å². The van der Waals surface area contributed by atoms with Crippen molar-refractivity contribution in [3.8, 4) is 11.4 Å². The van der Waals surface area contributed by atoms with Crippen molar-refractivity contribution in [1.29, 1.82) is 0 Å². The van der Waals surface area contributed by atoms with E-state index in [1.54, 1.807) is 42.3 Å². The fourth-order valence-electron chi connectivity index (χ4n) is 2.82. The van der Waals surface area contributed by atoms with Gasteiger partial charge in [0, 0.05) is 6.07 Å². The number of benzene rings is 2. The van der Waals surface area contributed by atoms with E-state index in [1.807, 2.05) is 24.3 Å². The molecule has 0 bridgehead atoms. The summed E-state index contributed by atoms with van der Waals surface area (Å²) >= 11 is 1.11. The molecule has 2 aromatic heterocycles. The van der Waals surface area contributed by atoms with Crippen molar-refractivity contribution in [2.24, 2.45) is 0 Å². The summed E-state index contributed by atoms with van der Waals surface area (Å²) in [4.78, 5) is 12.5. The summed E-state index contributed by atoms with van der Waals surface area (Å²) in [5.41, 5.74) is 1.23. The molecule has 1 amide bonds. The maximum absolute atomic E-state index is 14.0. The number of para-hydroxylation sites is 1. The fraction of sp³-hybridized carbons (Fsp3) is 0.150. The van der Waals surface area contributed by atoms with Crippen LogP contribution in [0, 0.1) is 5.82 Å². The smallest absolute Gasteiger partial charge is 0.235 e. The van der Waals surface area contributed by atoms with Crippen LogP contribution in [0.5, 0.6) is 5.75 Å². The Morgan fingerprint density at radius 3 is 2.74 bits per heavy atom. The van der Waals surface area contributed by atoms with E-state index < -0.39 is 5.82 Å². The topological polar surface area (TPSA) is 99.8 Å². The third kappa shape index (κ3) is 4.89. The molecule has 0 radical (unpaired) electrons. The highest BCUT2D eigenvalue weighted by atomic mass is 32.2. The number of thioether (sulfide) groups is 1. The SMILES string of the molecule is COc1ccc(Cn2nccc2NC(=O)CSc2nnnn2-c2ccccc2F)cc1. The molecular weight excluding hydrogens is 421 g/mol. The van der Waals surface area contributed by atoms with Gasteiger partial charge in [0.2, 0.25) is 11.1 Å². The summed E-state index contributed by atoms with van der Waals surface area (Å²) < 4.78 is 22.1. The van der Waals surface area contributed by atoms with E-state index in [0.717, 1.165) is 23.1 Å². The molecule has 2 heterocycles. The average molecular weight is 439 g/mol. The van der Waals surface area contributed by atoms with Crippen molar-refractivity contribution in [2.45, 2.75) is 11.7 Å². The fourth-order valence-corrected chi connectivity index (χ4v) is 3.51. The van der Waals surface area contributed by atoms with E-state index in [0.29, 0.717) is 17.5 Å². The number of amides is 1. The number of methoxy groups -OCH3 is 1. The molecule has 0 fully saturated rings. The standard InChI is InChI=1S/C20H18FN7O2S/c1-30-15-8-6-14(7-9-15)12-27-18(10-11-22-27)23-19(29)13-31-20-24-25-26-28(20)17-5-3-2-4-16(17)21/h2-11H,12-13H2,1H3,(H,23,29). The normalized spacial score (nSPS) is 10.8. The van der Waals surface area contributed by atoms with Crippen molar-refractivity contribution in [3.63, 3.8) is 0 Å². The van der Waals surface area contributed by atoms with Crippen LogP contribution in [0.3, 0.4) is 0 Å². The minimum Gasteiger partial charge on any atom is -0.497 e. The van der Waals surface area contributed by atoms with Gasteiger partial charge < -0.3 is 10.1 Å². The number of tetrazole rings is 1. The van der Waals surface area contributed by atoms with E-state index in [4.69, 9.17) is 4.74 Å². The third-order valence-electron chi connectivity index (χ3n) is 4.33. The van der Waals surface area contributed by atoms with Gasteiger partial charge in [-0.05, 0) is 40.3 Å². The van der Waals surface area contributed by atoms with E-state index in [1.165, 1.54) is 10.7 Å². The van der Waals surface area contributed by atoms with Gasteiger partial charge in [0.25, 0.3) is 0 Å². The van der Waals surface area contributed by atoms with Crippen LogP contribution in [0.2, 0.25) is 0 Å². The van der Waals surface area contributed by atoms with Crippen LogP contribution in [-0.2, 0) is 11.3 Å². The molecule has 31 heavy (non-hydrogen) atoms. The van der Waals surface area contributed by atoms with Gasteiger partial charge in [-0.2, -0.15) is 9.78 Å². The maximum Gasteiger partial charge on any atom is 0.235 e. The second-order valence-corrected chi connectivity index (χ2v) is 7.33. The summed E-state index contributed by atoms with van der Waals surface area (Å²) in [6, 6.07) is 15.5. The minimum absolute atomic E-state index is 0.0442. The van der Waals surface area contributed by atoms with Crippen LogP contribution in [-0.4, -0.2) is 48.8 Å². The molecule has 0 spiro atoms. The first kappa shape index (κ1) is 20.5. The zero-order chi connectivity index (χ0) is 21.6. The summed E-state index contributed by atoms with van der Waals surface area (Å²) in [5.74, 6) is 0.665. The van der Waals surface area contributed by atoms with Gasteiger partial charge in [0.05, 0.1) is 25.6 Å².